The zero-order valence-corrected chi connectivity index (χ0v) is 14.0. The van der Waals surface area contributed by atoms with Crippen LogP contribution in [0.5, 0.6) is 0 Å². The molecule has 0 aliphatic carbocycles. The molecular weight excluding hydrogens is 336 g/mol. The number of anilines is 1. The molecule has 0 fully saturated rings. The van der Waals surface area contributed by atoms with Crippen molar-refractivity contribution < 1.29 is 14.1 Å². The lowest BCUT2D eigenvalue weighted by molar-refractivity contribution is -0.384. The van der Waals surface area contributed by atoms with Crippen molar-refractivity contribution in [1.29, 1.82) is 0 Å². The fourth-order valence-electron chi connectivity index (χ4n) is 2.45. The van der Waals surface area contributed by atoms with Crippen molar-refractivity contribution in [2.24, 2.45) is 0 Å². The highest BCUT2D eigenvalue weighted by Gasteiger charge is 2.08. The number of aryl methyl sites for hydroxylation is 1. The Kier molecular flexibility index (Phi) is 5.43. The molecule has 1 amide bonds. The van der Waals surface area contributed by atoms with Crippen molar-refractivity contribution in [3.05, 3.63) is 64.5 Å². The van der Waals surface area contributed by atoms with E-state index in [0.29, 0.717) is 31.8 Å². The molecule has 0 radical (unpaired) electrons. The molecule has 0 atom stereocenters. The number of fused-ring (bicyclic) bond motifs is 1. The standard InChI is InChI=1S/C18H18N4O4/c23-17(9-10-18-21-15-3-1-2-4-16(15)26-18)20-12-11-19-13-5-7-14(8-6-13)22(24)25/h1-8,19H,9-12H2,(H,20,23). The largest absolute Gasteiger partial charge is 0.441 e. The van der Waals surface area contributed by atoms with E-state index in [1.807, 2.05) is 24.3 Å². The molecule has 3 rings (SSSR count). The number of aromatic nitrogens is 1. The van der Waals surface area contributed by atoms with E-state index in [1.165, 1.54) is 12.1 Å². The maximum Gasteiger partial charge on any atom is 0.269 e. The van der Waals surface area contributed by atoms with E-state index < -0.39 is 4.92 Å². The summed E-state index contributed by atoms with van der Waals surface area (Å²) >= 11 is 0. The number of carbonyl (C=O) groups is 1. The molecular formula is C18H18N4O4. The fraction of sp³-hybridized carbons (Fsp3) is 0.222. The van der Waals surface area contributed by atoms with Crippen molar-refractivity contribution in [1.82, 2.24) is 10.3 Å². The third-order valence-electron chi connectivity index (χ3n) is 3.76. The maximum absolute atomic E-state index is 11.9. The first-order chi connectivity index (χ1) is 12.6. The number of nitrogens with one attached hydrogen (secondary N) is 2. The monoisotopic (exact) mass is 354 g/mol. The minimum atomic E-state index is -0.444. The topological polar surface area (TPSA) is 110 Å². The SMILES string of the molecule is O=C(CCc1nc2ccccc2o1)NCCNc1ccc([N+](=O)[O-])cc1. The zero-order valence-electron chi connectivity index (χ0n) is 14.0. The van der Waals surface area contributed by atoms with Gasteiger partial charge in [-0.15, -0.1) is 0 Å². The molecule has 8 heteroatoms. The third-order valence-corrected chi connectivity index (χ3v) is 3.76. The number of non-ortho nitro benzene ring substituents is 1. The molecule has 2 aromatic carbocycles. The second-order valence-corrected chi connectivity index (χ2v) is 5.66. The second kappa shape index (κ2) is 8.11. The number of hydrogen-bond acceptors (Lipinski definition) is 6. The Labute approximate surface area is 149 Å². The molecule has 0 saturated heterocycles. The van der Waals surface area contributed by atoms with Crippen LogP contribution < -0.4 is 10.6 Å². The van der Waals surface area contributed by atoms with Gasteiger partial charge < -0.3 is 15.1 Å². The number of benzene rings is 2. The van der Waals surface area contributed by atoms with Gasteiger partial charge in [0.05, 0.1) is 4.92 Å². The summed E-state index contributed by atoms with van der Waals surface area (Å²) in [5, 5.41) is 16.5. The summed E-state index contributed by atoms with van der Waals surface area (Å²) in [4.78, 5) is 26.4. The number of nitrogens with zero attached hydrogens (tertiary/aromatic N) is 2. The van der Waals surface area contributed by atoms with Crippen molar-refractivity contribution >= 4 is 28.4 Å². The van der Waals surface area contributed by atoms with Gasteiger partial charge >= 0.3 is 0 Å². The Bertz CT molecular complexity index is 872. The molecule has 0 saturated carbocycles. The number of hydrogen-bond donors (Lipinski definition) is 2. The van der Waals surface area contributed by atoms with E-state index in [4.69, 9.17) is 4.42 Å². The van der Waals surface area contributed by atoms with Crippen molar-refractivity contribution in [3.8, 4) is 0 Å². The summed E-state index contributed by atoms with van der Waals surface area (Å²) in [5.41, 5.74) is 2.31. The first-order valence-corrected chi connectivity index (χ1v) is 8.21. The predicted octanol–water partition coefficient (Wildman–Crippen LogP) is 2.90. The molecule has 0 spiro atoms. The molecule has 3 aromatic rings. The van der Waals surface area contributed by atoms with Gasteiger partial charge in [0.25, 0.3) is 5.69 Å². The van der Waals surface area contributed by atoms with Crippen LogP contribution in [0.15, 0.2) is 52.9 Å². The first kappa shape index (κ1) is 17.4. The Morgan fingerprint density at radius 1 is 1.12 bits per heavy atom. The second-order valence-electron chi connectivity index (χ2n) is 5.66. The van der Waals surface area contributed by atoms with E-state index >= 15 is 0 Å². The molecule has 0 aliphatic rings. The molecule has 8 nitrogen and oxygen atoms in total. The summed E-state index contributed by atoms with van der Waals surface area (Å²) in [6.07, 6.45) is 0.737. The van der Waals surface area contributed by atoms with Crippen molar-refractivity contribution in [3.63, 3.8) is 0 Å². The molecule has 2 N–H and O–H groups in total. The van der Waals surface area contributed by atoms with Crippen LogP contribution in [0.2, 0.25) is 0 Å². The van der Waals surface area contributed by atoms with Gasteiger partial charge in [-0.3, -0.25) is 14.9 Å². The van der Waals surface area contributed by atoms with Crippen LogP contribution in [0, 0.1) is 10.1 Å². The van der Waals surface area contributed by atoms with Gasteiger partial charge in [-0.05, 0) is 24.3 Å². The molecule has 1 aromatic heterocycles. The lowest BCUT2D eigenvalue weighted by Gasteiger charge is -2.07. The minimum Gasteiger partial charge on any atom is -0.441 e. The van der Waals surface area contributed by atoms with E-state index in [2.05, 4.69) is 15.6 Å². The number of amides is 1. The number of nitro groups is 1. The number of oxazole rings is 1. The van der Waals surface area contributed by atoms with Crippen LogP contribution in [-0.4, -0.2) is 28.9 Å². The third kappa shape index (κ3) is 4.56. The van der Waals surface area contributed by atoms with E-state index in [0.717, 1.165) is 16.8 Å². The summed E-state index contributed by atoms with van der Waals surface area (Å²) in [6, 6.07) is 13.6. The zero-order chi connectivity index (χ0) is 18.4. The molecule has 134 valence electrons. The minimum absolute atomic E-state index is 0.0445. The van der Waals surface area contributed by atoms with Crippen molar-refractivity contribution in [2.75, 3.05) is 18.4 Å². The van der Waals surface area contributed by atoms with Crippen molar-refractivity contribution in [2.45, 2.75) is 12.8 Å². The highest BCUT2D eigenvalue weighted by Crippen LogP contribution is 2.16. The van der Waals surface area contributed by atoms with Gasteiger partial charge in [-0.25, -0.2) is 4.98 Å². The molecule has 1 heterocycles. The summed E-state index contributed by atoms with van der Waals surface area (Å²) in [6.45, 7) is 0.968. The van der Waals surface area contributed by atoms with Gasteiger partial charge in [0.2, 0.25) is 5.91 Å². The van der Waals surface area contributed by atoms with Crippen LogP contribution in [-0.2, 0) is 11.2 Å². The summed E-state index contributed by atoms with van der Waals surface area (Å²) < 4.78 is 5.58. The smallest absolute Gasteiger partial charge is 0.269 e. The Balaban J connectivity index is 1.36. The van der Waals surface area contributed by atoms with Crippen LogP contribution in [0.1, 0.15) is 12.3 Å². The summed E-state index contributed by atoms with van der Waals surface area (Å²) in [7, 11) is 0. The van der Waals surface area contributed by atoms with Crippen LogP contribution in [0.25, 0.3) is 11.1 Å². The first-order valence-electron chi connectivity index (χ1n) is 8.21. The van der Waals surface area contributed by atoms with Gasteiger partial charge in [0.1, 0.15) is 5.52 Å². The average molecular weight is 354 g/mol. The van der Waals surface area contributed by atoms with E-state index in [-0.39, 0.29) is 11.6 Å². The Morgan fingerprint density at radius 3 is 2.62 bits per heavy atom. The van der Waals surface area contributed by atoms with Gasteiger partial charge in [-0.1, -0.05) is 12.1 Å². The molecule has 26 heavy (non-hydrogen) atoms. The Morgan fingerprint density at radius 2 is 1.88 bits per heavy atom. The average Bonchev–Trinajstić information content (AvgIpc) is 3.07. The fourth-order valence-corrected chi connectivity index (χ4v) is 2.45. The van der Waals surface area contributed by atoms with Gasteiger partial charge in [0.15, 0.2) is 11.5 Å². The van der Waals surface area contributed by atoms with E-state index in [1.54, 1.807) is 12.1 Å². The predicted molar refractivity (Wildman–Crippen MR) is 96.9 cm³/mol. The van der Waals surface area contributed by atoms with E-state index in [9.17, 15) is 14.9 Å². The number of carbonyl (C=O) groups excluding carboxylic acids is 1. The highest BCUT2D eigenvalue weighted by atomic mass is 16.6. The number of para-hydroxylation sites is 2. The maximum atomic E-state index is 11.9. The molecule has 0 unspecified atom stereocenters. The molecule has 0 aliphatic heterocycles. The quantitative estimate of drug-likeness (QED) is 0.366. The van der Waals surface area contributed by atoms with Crippen LogP contribution >= 0.6 is 0 Å². The van der Waals surface area contributed by atoms with Crippen LogP contribution in [0.3, 0.4) is 0 Å². The number of rotatable bonds is 8. The Hall–Kier alpha value is -3.42. The summed E-state index contributed by atoms with van der Waals surface area (Å²) in [5.74, 6) is 0.461. The normalized spacial score (nSPS) is 10.6. The molecule has 0 bridgehead atoms. The number of nitro benzene ring substituents is 1. The highest BCUT2D eigenvalue weighted by molar-refractivity contribution is 5.76. The van der Waals surface area contributed by atoms with Gasteiger partial charge in [0, 0.05) is 43.8 Å². The van der Waals surface area contributed by atoms with Gasteiger partial charge in [-0.2, -0.15) is 0 Å². The van der Waals surface area contributed by atoms with Crippen LogP contribution in [0.4, 0.5) is 11.4 Å². The lowest BCUT2D eigenvalue weighted by Crippen LogP contribution is -2.28. The lowest BCUT2D eigenvalue weighted by atomic mass is 10.3.